The standard InChI is InChI=1S/C9H7F5N2O/c1-2(9(15)16)17-8-6(13)4(11)3(10)5(12)7(8)14/h2H,1H3,(H3,15,16). The monoisotopic (exact) mass is 254 g/mol. The minimum Gasteiger partial charge on any atom is -0.476 e. The van der Waals surface area contributed by atoms with Crippen LogP contribution in [0, 0.1) is 34.5 Å². The molecule has 1 aromatic carbocycles. The van der Waals surface area contributed by atoms with E-state index in [-0.39, 0.29) is 0 Å². The van der Waals surface area contributed by atoms with Crippen LogP contribution in [0.1, 0.15) is 6.92 Å². The number of benzene rings is 1. The van der Waals surface area contributed by atoms with Crippen LogP contribution in [0.2, 0.25) is 0 Å². The Morgan fingerprint density at radius 2 is 1.35 bits per heavy atom. The van der Waals surface area contributed by atoms with Gasteiger partial charge in [0, 0.05) is 0 Å². The largest absolute Gasteiger partial charge is 0.476 e. The van der Waals surface area contributed by atoms with Crippen LogP contribution in [-0.4, -0.2) is 11.9 Å². The Kier molecular flexibility index (Phi) is 3.54. The molecule has 94 valence electrons. The van der Waals surface area contributed by atoms with Crippen molar-refractivity contribution in [1.82, 2.24) is 0 Å². The highest BCUT2D eigenvalue weighted by molar-refractivity contribution is 5.81. The topological polar surface area (TPSA) is 59.1 Å². The van der Waals surface area contributed by atoms with E-state index in [0.717, 1.165) is 6.92 Å². The summed E-state index contributed by atoms with van der Waals surface area (Å²) >= 11 is 0. The Balaban J connectivity index is 3.30. The smallest absolute Gasteiger partial charge is 0.207 e. The van der Waals surface area contributed by atoms with Crippen molar-refractivity contribution in [3.8, 4) is 5.75 Å². The van der Waals surface area contributed by atoms with Gasteiger partial charge in [-0.1, -0.05) is 0 Å². The zero-order valence-electron chi connectivity index (χ0n) is 8.45. The maximum Gasteiger partial charge on any atom is 0.207 e. The van der Waals surface area contributed by atoms with E-state index in [4.69, 9.17) is 11.1 Å². The maximum atomic E-state index is 13.1. The lowest BCUT2D eigenvalue weighted by Gasteiger charge is -2.15. The van der Waals surface area contributed by atoms with Gasteiger partial charge in [-0.15, -0.1) is 0 Å². The first kappa shape index (κ1) is 13.2. The second kappa shape index (κ2) is 4.56. The van der Waals surface area contributed by atoms with E-state index >= 15 is 0 Å². The van der Waals surface area contributed by atoms with Crippen LogP contribution in [0.3, 0.4) is 0 Å². The predicted molar refractivity (Wildman–Crippen MR) is 48.2 cm³/mol. The third-order valence-corrected chi connectivity index (χ3v) is 1.90. The molecule has 0 fully saturated rings. The van der Waals surface area contributed by atoms with Crippen LogP contribution in [0.4, 0.5) is 22.0 Å². The fraction of sp³-hybridized carbons (Fsp3) is 0.222. The van der Waals surface area contributed by atoms with Crippen molar-refractivity contribution in [3.63, 3.8) is 0 Å². The number of rotatable bonds is 3. The first-order chi connectivity index (χ1) is 7.77. The average Bonchev–Trinajstić information content (AvgIpc) is 2.29. The predicted octanol–water partition coefficient (Wildman–Crippen LogP) is 2.09. The van der Waals surface area contributed by atoms with Crippen LogP contribution in [-0.2, 0) is 0 Å². The van der Waals surface area contributed by atoms with Crippen molar-refractivity contribution in [2.24, 2.45) is 5.73 Å². The second-order valence-corrected chi connectivity index (χ2v) is 3.11. The van der Waals surface area contributed by atoms with Gasteiger partial charge in [0.25, 0.3) is 0 Å². The normalized spacial score (nSPS) is 12.4. The molecule has 0 bridgehead atoms. The molecule has 0 spiro atoms. The Morgan fingerprint density at radius 3 is 1.71 bits per heavy atom. The number of nitrogens with one attached hydrogen (secondary N) is 1. The van der Waals surface area contributed by atoms with E-state index in [0.29, 0.717) is 0 Å². The minimum atomic E-state index is -2.28. The van der Waals surface area contributed by atoms with Crippen molar-refractivity contribution >= 4 is 5.84 Å². The zero-order valence-corrected chi connectivity index (χ0v) is 8.45. The maximum absolute atomic E-state index is 13.1. The minimum absolute atomic E-state index is 0.617. The van der Waals surface area contributed by atoms with Crippen molar-refractivity contribution in [1.29, 1.82) is 5.41 Å². The third-order valence-electron chi connectivity index (χ3n) is 1.90. The average molecular weight is 254 g/mol. The molecule has 1 rings (SSSR count). The van der Waals surface area contributed by atoms with E-state index in [9.17, 15) is 22.0 Å². The van der Waals surface area contributed by atoms with Crippen molar-refractivity contribution in [2.75, 3.05) is 0 Å². The summed E-state index contributed by atoms with van der Waals surface area (Å²) in [7, 11) is 0. The number of nitrogens with two attached hydrogens (primary N) is 1. The van der Waals surface area contributed by atoms with Crippen molar-refractivity contribution < 1.29 is 26.7 Å². The molecule has 0 aliphatic heterocycles. The highest BCUT2D eigenvalue weighted by Crippen LogP contribution is 2.29. The quantitative estimate of drug-likeness (QED) is 0.285. The summed E-state index contributed by atoms with van der Waals surface area (Å²) in [6.45, 7) is 1.13. The van der Waals surface area contributed by atoms with Crippen LogP contribution >= 0.6 is 0 Å². The van der Waals surface area contributed by atoms with Crippen LogP contribution in [0.5, 0.6) is 5.75 Å². The molecule has 0 aromatic heterocycles. The SMILES string of the molecule is CC(Oc1c(F)c(F)c(F)c(F)c1F)C(=N)N. The van der Waals surface area contributed by atoms with Crippen LogP contribution in [0.15, 0.2) is 0 Å². The molecular weight excluding hydrogens is 247 g/mol. The summed E-state index contributed by atoms with van der Waals surface area (Å²) in [5, 5.41) is 6.89. The lowest BCUT2D eigenvalue weighted by molar-refractivity contribution is 0.239. The molecule has 17 heavy (non-hydrogen) atoms. The third kappa shape index (κ3) is 2.29. The van der Waals surface area contributed by atoms with Gasteiger partial charge in [-0.05, 0) is 6.92 Å². The number of ether oxygens (including phenoxy) is 1. The van der Waals surface area contributed by atoms with Gasteiger partial charge >= 0.3 is 0 Å². The van der Waals surface area contributed by atoms with E-state index in [1.165, 1.54) is 0 Å². The Bertz CT molecular complexity index is 448. The fourth-order valence-corrected chi connectivity index (χ4v) is 0.928. The summed E-state index contributed by atoms with van der Waals surface area (Å²) in [6, 6.07) is 0. The van der Waals surface area contributed by atoms with Gasteiger partial charge in [0.05, 0.1) is 0 Å². The lowest BCUT2D eigenvalue weighted by atomic mass is 10.2. The Morgan fingerprint density at radius 1 is 1.00 bits per heavy atom. The van der Waals surface area contributed by atoms with Gasteiger partial charge in [-0.3, -0.25) is 5.41 Å². The highest BCUT2D eigenvalue weighted by Gasteiger charge is 2.28. The van der Waals surface area contributed by atoms with Gasteiger partial charge in [-0.25, -0.2) is 13.2 Å². The highest BCUT2D eigenvalue weighted by atomic mass is 19.2. The zero-order chi connectivity index (χ0) is 13.3. The molecule has 0 radical (unpaired) electrons. The lowest BCUT2D eigenvalue weighted by Crippen LogP contribution is -2.31. The summed E-state index contributed by atoms with van der Waals surface area (Å²) in [5.74, 6) is -12.8. The number of hydrogen-bond acceptors (Lipinski definition) is 2. The van der Waals surface area contributed by atoms with E-state index < -0.39 is 46.8 Å². The van der Waals surface area contributed by atoms with Gasteiger partial charge < -0.3 is 10.5 Å². The molecule has 0 saturated carbocycles. The molecule has 0 amide bonds. The molecule has 0 aliphatic carbocycles. The number of halogens is 5. The van der Waals surface area contributed by atoms with Gasteiger partial charge in [0.15, 0.2) is 11.9 Å². The molecule has 3 nitrogen and oxygen atoms in total. The molecule has 0 saturated heterocycles. The molecule has 1 atom stereocenters. The molecule has 0 aliphatic rings. The van der Waals surface area contributed by atoms with Crippen LogP contribution < -0.4 is 10.5 Å². The molecule has 0 heterocycles. The summed E-state index contributed by atoms with van der Waals surface area (Å²) < 4.78 is 68.6. The first-order valence-corrected chi connectivity index (χ1v) is 4.29. The van der Waals surface area contributed by atoms with E-state index in [1.807, 2.05) is 0 Å². The molecule has 1 aromatic rings. The van der Waals surface area contributed by atoms with E-state index in [1.54, 1.807) is 0 Å². The Hall–Kier alpha value is -1.86. The van der Waals surface area contributed by atoms with Crippen molar-refractivity contribution in [2.45, 2.75) is 13.0 Å². The number of hydrogen-bond donors (Lipinski definition) is 2. The van der Waals surface area contributed by atoms with Crippen molar-refractivity contribution in [3.05, 3.63) is 29.1 Å². The number of amidine groups is 1. The molecular formula is C9H7F5N2O. The van der Waals surface area contributed by atoms with Gasteiger partial charge in [0.1, 0.15) is 5.84 Å². The summed E-state index contributed by atoms with van der Waals surface area (Å²) in [5.41, 5.74) is 4.94. The van der Waals surface area contributed by atoms with Crippen LogP contribution in [0.25, 0.3) is 0 Å². The van der Waals surface area contributed by atoms with E-state index in [2.05, 4.69) is 4.74 Å². The fourth-order valence-electron chi connectivity index (χ4n) is 0.928. The summed E-state index contributed by atoms with van der Waals surface area (Å²) in [6.07, 6.45) is -1.32. The first-order valence-electron chi connectivity index (χ1n) is 4.29. The second-order valence-electron chi connectivity index (χ2n) is 3.11. The Labute approximate surface area is 92.5 Å². The molecule has 1 unspecified atom stereocenters. The van der Waals surface area contributed by atoms with Gasteiger partial charge in [0.2, 0.25) is 29.1 Å². The molecule has 8 heteroatoms. The van der Waals surface area contributed by atoms with Gasteiger partial charge in [-0.2, -0.15) is 8.78 Å². The summed E-state index contributed by atoms with van der Waals surface area (Å²) in [4.78, 5) is 0. The molecule has 3 N–H and O–H groups in total.